The Morgan fingerprint density at radius 3 is 3.00 bits per heavy atom. The summed E-state index contributed by atoms with van der Waals surface area (Å²) < 4.78 is 5.11. The Bertz CT molecular complexity index is 445. The number of rotatable bonds is 3. The lowest BCUT2D eigenvalue weighted by Gasteiger charge is -2.14. The highest BCUT2D eigenvalue weighted by Crippen LogP contribution is 2.16. The zero-order valence-electron chi connectivity index (χ0n) is 9.11. The topological polar surface area (TPSA) is 47.6 Å². The summed E-state index contributed by atoms with van der Waals surface area (Å²) in [5.41, 5.74) is 3.64. The number of hydrogen-bond acceptors (Lipinski definition) is 4. The minimum atomic E-state index is -0.440. The van der Waals surface area contributed by atoms with Crippen molar-refractivity contribution in [1.29, 1.82) is 0 Å². The maximum absolute atomic E-state index is 11.6. The van der Waals surface area contributed by atoms with E-state index in [1.807, 2.05) is 18.2 Å². The second-order valence-corrected chi connectivity index (χ2v) is 3.93. The molecule has 1 aromatic carbocycles. The molecule has 5 heteroatoms. The average Bonchev–Trinajstić information content (AvgIpc) is 2.38. The van der Waals surface area contributed by atoms with Crippen LogP contribution in [0.5, 0.6) is 0 Å². The van der Waals surface area contributed by atoms with Crippen LogP contribution in [0, 0.1) is 0 Å². The van der Waals surface area contributed by atoms with Crippen LogP contribution in [0.2, 0.25) is 5.02 Å². The van der Waals surface area contributed by atoms with Crippen LogP contribution in [0.25, 0.3) is 0 Å². The Morgan fingerprint density at radius 1 is 1.47 bits per heavy atom. The van der Waals surface area contributed by atoms with Crippen LogP contribution in [-0.4, -0.2) is 12.6 Å². The van der Waals surface area contributed by atoms with Crippen LogP contribution >= 0.6 is 11.6 Å². The molecule has 17 heavy (non-hydrogen) atoms. The van der Waals surface area contributed by atoms with Gasteiger partial charge in [0.1, 0.15) is 12.3 Å². The number of hydrogen-bond donors (Lipinski definition) is 1. The summed E-state index contributed by atoms with van der Waals surface area (Å²) in [5, 5.41) is 0.585. The molecule has 1 N–H and O–H groups in total. The van der Waals surface area contributed by atoms with E-state index in [2.05, 4.69) is 5.48 Å². The summed E-state index contributed by atoms with van der Waals surface area (Å²) in [6.07, 6.45) is 2.45. The molecule has 0 spiro atoms. The van der Waals surface area contributed by atoms with Gasteiger partial charge in [0.15, 0.2) is 0 Å². The van der Waals surface area contributed by atoms with Gasteiger partial charge in [-0.1, -0.05) is 29.8 Å². The minimum absolute atomic E-state index is 0.150. The second kappa shape index (κ2) is 5.70. The van der Waals surface area contributed by atoms with Gasteiger partial charge in [0.2, 0.25) is 0 Å². The first-order chi connectivity index (χ1) is 8.27. The van der Waals surface area contributed by atoms with E-state index in [4.69, 9.17) is 21.2 Å². The molecule has 0 saturated carbocycles. The maximum Gasteiger partial charge on any atom is 0.356 e. The summed E-state index contributed by atoms with van der Waals surface area (Å²) in [5.74, 6) is -0.440. The Hall–Kier alpha value is -1.52. The molecule has 4 nitrogen and oxygen atoms in total. The number of benzene rings is 1. The second-order valence-electron chi connectivity index (χ2n) is 3.52. The van der Waals surface area contributed by atoms with Crippen LogP contribution in [0.3, 0.4) is 0 Å². The third-order valence-corrected chi connectivity index (χ3v) is 2.66. The van der Waals surface area contributed by atoms with E-state index in [0.717, 1.165) is 5.56 Å². The highest BCUT2D eigenvalue weighted by molar-refractivity contribution is 6.31. The van der Waals surface area contributed by atoms with Crippen LogP contribution in [0.4, 0.5) is 0 Å². The van der Waals surface area contributed by atoms with Crippen molar-refractivity contribution in [3.05, 3.63) is 46.6 Å². The lowest BCUT2D eigenvalue weighted by atomic mass is 10.2. The zero-order chi connectivity index (χ0) is 12.1. The Morgan fingerprint density at radius 2 is 2.29 bits per heavy atom. The lowest BCUT2D eigenvalue weighted by Crippen LogP contribution is -2.26. The zero-order valence-corrected chi connectivity index (χ0v) is 9.87. The SMILES string of the molecule is O=C(OCc1ccccc1Cl)C1=CCCON1. The van der Waals surface area contributed by atoms with E-state index in [9.17, 15) is 4.79 Å². The largest absolute Gasteiger partial charge is 0.456 e. The molecule has 1 aliphatic rings. The van der Waals surface area contributed by atoms with Gasteiger partial charge in [0, 0.05) is 10.6 Å². The number of nitrogens with one attached hydrogen (secondary N) is 1. The molecule has 90 valence electrons. The van der Waals surface area contributed by atoms with Gasteiger partial charge in [-0.2, -0.15) is 0 Å². The molecule has 1 aromatic rings. The lowest BCUT2D eigenvalue weighted by molar-refractivity contribution is -0.142. The van der Waals surface area contributed by atoms with E-state index in [0.29, 0.717) is 23.7 Å². The molecular formula is C12H12ClNO3. The number of hydroxylamine groups is 1. The van der Waals surface area contributed by atoms with Gasteiger partial charge >= 0.3 is 5.97 Å². The van der Waals surface area contributed by atoms with E-state index in [-0.39, 0.29) is 6.61 Å². The van der Waals surface area contributed by atoms with Crippen molar-refractivity contribution in [2.24, 2.45) is 0 Å². The summed E-state index contributed by atoms with van der Waals surface area (Å²) in [6.45, 7) is 0.707. The van der Waals surface area contributed by atoms with E-state index >= 15 is 0 Å². The van der Waals surface area contributed by atoms with Crippen molar-refractivity contribution in [1.82, 2.24) is 5.48 Å². The molecule has 1 aliphatic heterocycles. The highest BCUT2D eigenvalue weighted by Gasteiger charge is 2.14. The molecule has 0 atom stereocenters. The summed E-state index contributed by atoms with van der Waals surface area (Å²) in [7, 11) is 0. The molecule has 2 rings (SSSR count). The summed E-state index contributed by atoms with van der Waals surface area (Å²) >= 11 is 5.95. The fourth-order valence-electron chi connectivity index (χ4n) is 1.39. The molecule has 0 unspecified atom stereocenters. The first-order valence-corrected chi connectivity index (χ1v) is 5.63. The third kappa shape index (κ3) is 3.22. The molecule has 0 bridgehead atoms. The van der Waals surface area contributed by atoms with Gasteiger partial charge in [-0.05, 0) is 18.6 Å². The van der Waals surface area contributed by atoms with Crippen molar-refractivity contribution in [2.45, 2.75) is 13.0 Å². The Kier molecular flexibility index (Phi) is 4.01. The maximum atomic E-state index is 11.6. The van der Waals surface area contributed by atoms with Crippen LogP contribution in [0.15, 0.2) is 36.0 Å². The normalized spacial score (nSPS) is 14.8. The molecule has 0 saturated heterocycles. The van der Waals surface area contributed by atoms with E-state index < -0.39 is 5.97 Å². The van der Waals surface area contributed by atoms with Crippen LogP contribution < -0.4 is 5.48 Å². The molecule has 0 amide bonds. The van der Waals surface area contributed by atoms with Gasteiger partial charge in [0.05, 0.1) is 6.61 Å². The molecule has 0 aliphatic carbocycles. The Labute approximate surface area is 104 Å². The van der Waals surface area contributed by atoms with Crippen molar-refractivity contribution < 1.29 is 14.4 Å². The molecule has 0 radical (unpaired) electrons. The first kappa shape index (κ1) is 12.0. The van der Waals surface area contributed by atoms with E-state index in [1.165, 1.54) is 0 Å². The van der Waals surface area contributed by atoms with Gasteiger partial charge in [-0.15, -0.1) is 0 Å². The number of carbonyl (C=O) groups excluding carboxylic acids is 1. The van der Waals surface area contributed by atoms with Crippen LogP contribution in [0.1, 0.15) is 12.0 Å². The molecule has 1 heterocycles. The monoisotopic (exact) mass is 253 g/mol. The van der Waals surface area contributed by atoms with Crippen molar-refractivity contribution in [3.8, 4) is 0 Å². The number of ether oxygens (including phenoxy) is 1. The van der Waals surface area contributed by atoms with Gasteiger partial charge in [-0.25, -0.2) is 4.79 Å². The van der Waals surface area contributed by atoms with Gasteiger partial charge < -0.3 is 4.74 Å². The standard InChI is InChI=1S/C12H12ClNO3/c13-10-5-2-1-4-9(10)8-16-12(15)11-6-3-7-17-14-11/h1-2,4-6,14H,3,7-8H2. The predicted octanol–water partition coefficient (Wildman–Crippen LogP) is 2.19. The number of halogens is 1. The average molecular weight is 254 g/mol. The quantitative estimate of drug-likeness (QED) is 0.839. The fraction of sp³-hybridized carbons (Fsp3) is 0.250. The predicted molar refractivity (Wildman–Crippen MR) is 63.0 cm³/mol. The number of esters is 1. The Balaban J connectivity index is 1.92. The van der Waals surface area contributed by atoms with Gasteiger partial charge in [-0.3, -0.25) is 10.3 Å². The van der Waals surface area contributed by atoms with Gasteiger partial charge in [0.25, 0.3) is 0 Å². The molecule has 0 fully saturated rings. The van der Waals surface area contributed by atoms with Crippen LogP contribution in [-0.2, 0) is 21.0 Å². The molecule has 0 aromatic heterocycles. The molecular weight excluding hydrogens is 242 g/mol. The van der Waals surface area contributed by atoms with Crippen molar-refractivity contribution in [2.75, 3.05) is 6.61 Å². The third-order valence-electron chi connectivity index (χ3n) is 2.29. The number of carbonyl (C=O) groups is 1. The minimum Gasteiger partial charge on any atom is -0.456 e. The smallest absolute Gasteiger partial charge is 0.356 e. The summed E-state index contributed by atoms with van der Waals surface area (Å²) in [6, 6.07) is 7.24. The van der Waals surface area contributed by atoms with Crippen molar-refractivity contribution in [3.63, 3.8) is 0 Å². The fourth-order valence-corrected chi connectivity index (χ4v) is 1.58. The first-order valence-electron chi connectivity index (χ1n) is 5.26. The highest BCUT2D eigenvalue weighted by atomic mass is 35.5. The van der Waals surface area contributed by atoms with E-state index in [1.54, 1.807) is 12.1 Å². The van der Waals surface area contributed by atoms with Crippen molar-refractivity contribution >= 4 is 17.6 Å². The summed E-state index contributed by atoms with van der Waals surface area (Å²) in [4.78, 5) is 16.5.